The highest BCUT2D eigenvalue weighted by Gasteiger charge is 2.25. The molecule has 1 aromatic carbocycles. The van der Waals surface area contributed by atoms with Crippen LogP contribution < -0.4 is 9.64 Å². The number of benzene rings is 1. The molecule has 0 amide bonds. The van der Waals surface area contributed by atoms with Crippen molar-refractivity contribution in [2.24, 2.45) is 0 Å². The molecule has 0 saturated carbocycles. The van der Waals surface area contributed by atoms with Gasteiger partial charge in [-0.2, -0.15) is 5.26 Å². The third kappa shape index (κ3) is 1.94. The summed E-state index contributed by atoms with van der Waals surface area (Å²) < 4.78 is 5.65. The van der Waals surface area contributed by atoms with Crippen LogP contribution >= 0.6 is 11.6 Å². The fraction of sp³-hybridized carbons (Fsp3) is 0.417. The van der Waals surface area contributed by atoms with E-state index in [-0.39, 0.29) is 6.04 Å². The summed E-state index contributed by atoms with van der Waals surface area (Å²) in [5.41, 5.74) is 1.00. The molecule has 0 N–H and O–H groups in total. The van der Waals surface area contributed by atoms with Gasteiger partial charge in [-0.25, -0.2) is 0 Å². The lowest BCUT2D eigenvalue weighted by Crippen LogP contribution is -2.40. The van der Waals surface area contributed by atoms with Gasteiger partial charge in [0.15, 0.2) is 5.75 Å². The lowest BCUT2D eigenvalue weighted by molar-refractivity contribution is 0.261. The molecule has 4 heteroatoms. The van der Waals surface area contributed by atoms with Crippen LogP contribution in [0.1, 0.15) is 12.8 Å². The molecule has 1 heterocycles. The minimum absolute atomic E-state index is 0.255. The monoisotopic (exact) mass is 236 g/mol. The van der Waals surface area contributed by atoms with Crippen LogP contribution in [0.15, 0.2) is 18.2 Å². The fourth-order valence-corrected chi connectivity index (χ4v) is 2.14. The molecule has 0 radical (unpaired) electrons. The molecule has 16 heavy (non-hydrogen) atoms. The number of likely N-dealkylation sites (N-methyl/N-ethyl adjacent to an activating group) is 1. The van der Waals surface area contributed by atoms with Crippen molar-refractivity contribution >= 4 is 17.3 Å². The maximum Gasteiger partial charge on any atom is 0.161 e. The highest BCUT2D eigenvalue weighted by Crippen LogP contribution is 2.39. The van der Waals surface area contributed by atoms with Crippen LogP contribution in [0.3, 0.4) is 0 Å². The molecular weight excluding hydrogens is 224 g/mol. The summed E-state index contributed by atoms with van der Waals surface area (Å²) in [4.78, 5) is 2.14. The Hall–Kier alpha value is -1.40. The first-order chi connectivity index (χ1) is 7.74. The molecule has 0 aromatic heterocycles. The quantitative estimate of drug-likeness (QED) is 0.792. The van der Waals surface area contributed by atoms with Gasteiger partial charge in [0.25, 0.3) is 0 Å². The van der Waals surface area contributed by atoms with Crippen LogP contribution in [0.4, 0.5) is 5.69 Å². The van der Waals surface area contributed by atoms with E-state index in [2.05, 4.69) is 11.0 Å². The summed E-state index contributed by atoms with van der Waals surface area (Å²) in [6.45, 7) is 0.592. The second-order valence-electron chi connectivity index (χ2n) is 3.86. The molecule has 84 valence electrons. The second kappa shape index (κ2) is 4.63. The molecule has 1 aromatic rings. The van der Waals surface area contributed by atoms with Gasteiger partial charge in [-0.3, -0.25) is 0 Å². The highest BCUT2D eigenvalue weighted by atomic mass is 35.5. The molecule has 1 aliphatic rings. The molecular formula is C12H13ClN2O. The van der Waals surface area contributed by atoms with Crippen molar-refractivity contribution in [3.8, 4) is 11.8 Å². The van der Waals surface area contributed by atoms with Crippen molar-refractivity contribution in [1.82, 2.24) is 0 Å². The number of fused-ring (bicyclic) bond motifs is 1. The molecule has 1 unspecified atom stereocenters. The first kappa shape index (κ1) is 11.1. The van der Waals surface area contributed by atoms with Gasteiger partial charge in [-0.15, -0.1) is 0 Å². The van der Waals surface area contributed by atoms with Crippen molar-refractivity contribution in [2.75, 3.05) is 18.6 Å². The third-order valence-corrected chi connectivity index (χ3v) is 3.18. The van der Waals surface area contributed by atoms with E-state index >= 15 is 0 Å². The predicted octanol–water partition coefficient (Wildman–Crippen LogP) is 2.84. The zero-order valence-electron chi connectivity index (χ0n) is 9.11. The average Bonchev–Trinajstić information content (AvgIpc) is 2.29. The Balaban J connectivity index is 2.22. The Morgan fingerprint density at radius 2 is 2.44 bits per heavy atom. The summed E-state index contributed by atoms with van der Waals surface area (Å²) in [6.07, 6.45) is 1.37. The average molecular weight is 237 g/mol. The van der Waals surface area contributed by atoms with Crippen LogP contribution in [0.5, 0.6) is 5.75 Å². The molecule has 1 aliphatic heterocycles. The Bertz CT molecular complexity index is 428. The Morgan fingerprint density at radius 3 is 3.19 bits per heavy atom. The van der Waals surface area contributed by atoms with Crippen LogP contribution in [0, 0.1) is 11.3 Å². The van der Waals surface area contributed by atoms with E-state index in [1.165, 1.54) is 0 Å². The minimum Gasteiger partial charge on any atom is -0.488 e. The third-order valence-electron chi connectivity index (χ3n) is 2.88. The normalized spacial score (nSPS) is 18.6. The predicted molar refractivity (Wildman–Crippen MR) is 64.0 cm³/mol. The van der Waals surface area contributed by atoms with Gasteiger partial charge >= 0.3 is 0 Å². The molecule has 2 rings (SSSR count). The number of para-hydroxylation sites is 1. The van der Waals surface area contributed by atoms with Crippen molar-refractivity contribution in [3.63, 3.8) is 0 Å². The first-order valence-electron chi connectivity index (χ1n) is 5.25. The van der Waals surface area contributed by atoms with E-state index in [1.54, 1.807) is 0 Å². The summed E-state index contributed by atoms with van der Waals surface area (Å²) >= 11 is 6.06. The van der Waals surface area contributed by atoms with E-state index in [4.69, 9.17) is 21.6 Å². The van der Waals surface area contributed by atoms with Gasteiger partial charge < -0.3 is 9.64 Å². The standard InChI is InChI=1S/C12H13ClN2O/c1-15-9(4-3-7-14)8-16-12-10(13)5-2-6-11(12)15/h2,5-6,9H,3-4,8H2,1H3. The SMILES string of the molecule is CN1c2cccc(Cl)c2OCC1CCC#N. The summed E-state index contributed by atoms with van der Waals surface area (Å²) in [7, 11) is 2.01. The zero-order valence-corrected chi connectivity index (χ0v) is 9.87. The zero-order chi connectivity index (χ0) is 11.5. The Labute approximate surface area is 100 Å². The molecule has 0 fully saturated rings. The fourth-order valence-electron chi connectivity index (χ4n) is 1.91. The van der Waals surface area contributed by atoms with E-state index < -0.39 is 0 Å². The Kier molecular flexibility index (Phi) is 3.21. The molecule has 0 saturated heterocycles. The number of halogens is 1. The molecule has 0 spiro atoms. The number of hydrogen-bond acceptors (Lipinski definition) is 3. The van der Waals surface area contributed by atoms with Gasteiger partial charge in [0, 0.05) is 13.5 Å². The number of nitriles is 1. The maximum atomic E-state index is 8.59. The minimum atomic E-state index is 0.255. The van der Waals surface area contributed by atoms with Crippen LogP contribution in [0.2, 0.25) is 5.02 Å². The highest BCUT2D eigenvalue weighted by molar-refractivity contribution is 6.32. The van der Waals surface area contributed by atoms with Crippen LogP contribution in [-0.2, 0) is 0 Å². The smallest absolute Gasteiger partial charge is 0.161 e. The second-order valence-corrected chi connectivity index (χ2v) is 4.27. The number of rotatable bonds is 2. The van der Waals surface area contributed by atoms with E-state index in [0.717, 1.165) is 17.9 Å². The van der Waals surface area contributed by atoms with E-state index in [0.29, 0.717) is 18.1 Å². The summed E-state index contributed by atoms with van der Waals surface area (Å²) in [5.74, 6) is 0.750. The molecule has 0 bridgehead atoms. The van der Waals surface area contributed by atoms with Gasteiger partial charge in [-0.1, -0.05) is 17.7 Å². The lowest BCUT2D eigenvalue weighted by Gasteiger charge is -2.35. The molecule has 1 atom stereocenters. The maximum absolute atomic E-state index is 8.59. The lowest BCUT2D eigenvalue weighted by atomic mass is 10.1. The number of ether oxygens (including phenoxy) is 1. The molecule has 3 nitrogen and oxygen atoms in total. The summed E-state index contributed by atoms with van der Waals surface area (Å²) in [6, 6.07) is 8.14. The van der Waals surface area contributed by atoms with Crippen molar-refractivity contribution in [1.29, 1.82) is 5.26 Å². The topological polar surface area (TPSA) is 36.3 Å². The van der Waals surface area contributed by atoms with Gasteiger partial charge in [-0.05, 0) is 18.6 Å². The molecule has 0 aliphatic carbocycles. The number of nitrogens with zero attached hydrogens (tertiary/aromatic N) is 2. The van der Waals surface area contributed by atoms with Crippen molar-refractivity contribution < 1.29 is 4.74 Å². The summed E-state index contributed by atoms with van der Waals surface area (Å²) in [5, 5.41) is 9.23. The van der Waals surface area contributed by atoms with Crippen molar-refractivity contribution in [2.45, 2.75) is 18.9 Å². The van der Waals surface area contributed by atoms with E-state index in [1.807, 2.05) is 25.2 Å². The van der Waals surface area contributed by atoms with Crippen LogP contribution in [-0.4, -0.2) is 19.7 Å². The van der Waals surface area contributed by atoms with Gasteiger partial charge in [0.05, 0.1) is 22.8 Å². The Morgan fingerprint density at radius 1 is 1.62 bits per heavy atom. The van der Waals surface area contributed by atoms with Gasteiger partial charge in [0.2, 0.25) is 0 Å². The first-order valence-corrected chi connectivity index (χ1v) is 5.63. The van der Waals surface area contributed by atoms with E-state index in [9.17, 15) is 0 Å². The number of hydrogen-bond donors (Lipinski definition) is 0. The number of anilines is 1. The largest absolute Gasteiger partial charge is 0.488 e. The van der Waals surface area contributed by atoms with Crippen molar-refractivity contribution in [3.05, 3.63) is 23.2 Å². The van der Waals surface area contributed by atoms with Crippen LogP contribution in [0.25, 0.3) is 0 Å². The van der Waals surface area contributed by atoms with Gasteiger partial charge in [0.1, 0.15) is 6.61 Å².